The van der Waals surface area contributed by atoms with Gasteiger partial charge in [0.05, 0.1) is 0 Å². The molecule has 0 aromatic rings. The average molecular weight is 346 g/mol. The second-order valence-electron chi connectivity index (χ2n) is 4.12. The third-order valence-electron chi connectivity index (χ3n) is 2.41. The minimum absolute atomic E-state index is 0. The molecular formula is C18H46SV. The Morgan fingerprint density at radius 2 is 0.600 bits per heavy atom. The predicted molar refractivity (Wildman–Crippen MR) is 102 cm³/mol. The summed E-state index contributed by atoms with van der Waals surface area (Å²) in [4.78, 5) is 0. The fraction of sp³-hybridized carbons (Fsp3) is 1.00. The van der Waals surface area contributed by atoms with Crippen LogP contribution in [-0.2, 0) is 18.6 Å². The Labute approximate surface area is 151 Å². The quantitative estimate of drug-likeness (QED) is 0.390. The molecule has 0 aliphatic carbocycles. The fourth-order valence-electron chi connectivity index (χ4n) is 1.38. The summed E-state index contributed by atoms with van der Waals surface area (Å²) in [5.41, 5.74) is 0. The molecular weight excluding hydrogens is 299 g/mol. The van der Waals surface area contributed by atoms with Crippen molar-refractivity contribution >= 4 is 13.5 Å². The first-order valence-electron chi connectivity index (χ1n) is 8.83. The summed E-state index contributed by atoms with van der Waals surface area (Å²) in [6.07, 6.45) is 14.0. The van der Waals surface area contributed by atoms with E-state index in [2.05, 4.69) is 27.7 Å². The summed E-state index contributed by atoms with van der Waals surface area (Å²) in [5, 5.41) is 0. The molecule has 0 aromatic carbocycles. The summed E-state index contributed by atoms with van der Waals surface area (Å²) in [7, 11) is 0. The van der Waals surface area contributed by atoms with Crippen LogP contribution < -0.4 is 0 Å². The van der Waals surface area contributed by atoms with Gasteiger partial charge >= 0.3 is 0 Å². The number of hydrogen-bond acceptors (Lipinski definition) is 0. The van der Waals surface area contributed by atoms with Crippen molar-refractivity contribution in [2.45, 2.75) is 120 Å². The zero-order valence-corrected chi connectivity index (χ0v) is 18.4. The van der Waals surface area contributed by atoms with Gasteiger partial charge in [-0.3, -0.25) is 0 Å². The first-order valence-corrected chi connectivity index (χ1v) is 8.83. The van der Waals surface area contributed by atoms with E-state index in [4.69, 9.17) is 0 Å². The maximum atomic E-state index is 2.26. The predicted octanol–water partition coefficient (Wildman–Crippen LogP) is 8.12. The molecule has 0 spiro atoms. The molecule has 0 unspecified atom stereocenters. The van der Waals surface area contributed by atoms with Crippen molar-refractivity contribution < 1.29 is 18.6 Å². The van der Waals surface area contributed by atoms with Gasteiger partial charge in [0.25, 0.3) is 0 Å². The first-order chi connectivity index (χ1) is 8.83. The van der Waals surface area contributed by atoms with Crippen molar-refractivity contribution in [1.82, 2.24) is 0 Å². The SMILES string of the molecule is CC.CC.CCCCC.CCCCCCCCC.S.[V]. The Hall–Kier alpha value is 0.934. The van der Waals surface area contributed by atoms with Crippen LogP contribution in [0, 0.1) is 0 Å². The van der Waals surface area contributed by atoms with Crippen LogP contribution in [-0.4, -0.2) is 0 Å². The van der Waals surface area contributed by atoms with Crippen LogP contribution in [0.3, 0.4) is 0 Å². The van der Waals surface area contributed by atoms with E-state index >= 15 is 0 Å². The smallest absolute Gasteiger partial charge is 0 e. The molecule has 0 nitrogen and oxygen atoms in total. The van der Waals surface area contributed by atoms with Crippen molar-refractivity contribution in [1.29, 1.82) is 0 Å². The van der Waals surface area contributed by atoms with E-state index in [1.165, 1.54) is 64.2 Å². The molecule has 0 saturated carbocycles. The Kier molecular flexibility index (Phi) is 111. The van der Waals surface area contributed by atoms with Gasteiger partial charge in [0.2, 0.25) is 0 Å². The normalized spacial score (nSPS) is 7.20. The molecule has 0 amide bonds. The second kappa shape index (κ2) is 59.8. The summed E-state index contributed by atoms with van der Waals surface area (Å²) >= 11 is 0. The summed E-state index contributed by atoms with van der Waals surface area (Å²) in [6.45, 7) is 17.0. The van der Waals surface area contributed by atoms with Gasteiger partial charge in [-0.1, -0.05) is 120 Å². The molecule has 20 heavy (non-hydrogen) atoms. The molecule has 2 heteroatoms. The van der Waals surface area contributed by atoms with Gasteiger partial charge in [-0.15, -0.1) is 0 Å². The third kappa shape index (κ3) is 76.3. The van der Waals surface area contributed by atoms with Crippen molar-refractivity contribution in [2.75, 3.05) is 0 Å². The van der Waals surface area contributed by atoms with Gasteiger partial charge in [-0.25, -0.2) is 0 Å². The fourth-order valence-corrected chi connectivity index (χ4v) is 1.38. The molecule has 1 radical (unpaired) electrons. The Balaban J connectivity index is -0.0000000387. The molecule has 129 valence electrons. The van der Waals surface area contributed by atoms with Gasteiger partial charge in [0, 0.05) is 18.6 Å². The van der Waals surface area contributed by atoms with Gasteiger partial charge in [-0.05, 0) is 0 Å². The number of hydrogen-bond donors (Lipinski definition) is 0. The maximum absolute atomic E-state index is 2.26. The van der Waals surface area contributed by atoms with Crippen molar-refractivity contribution in [3.63, 3.8) is 0 Å². The molecule has 0 bridgehead atoms. The minimum atomic E-state index is 0. The van der Waals surface area contributed by atoms with E-state index in [1.54, 1.807) is 0 Å². The van der Waals surface area contributed by atoms with E-state index in [9.17, 15) is 0 Å². The summed E-state index contributed by atoms with van der Waals surface area (Å²) in [6, 6.07) is 0. The summed E-state index contributed by atoms with van der Waals surface area (Å²) in [5.74, 6) is 0. The molecule has 0 atom stereocenters. The molecule has 0 fully saturated rings. The van der Waals surface area contributed by atoms with Gasteiger partial charge in [0.15, 0.2) is 0 Å². The van der Waals surface area contributed by atoms with Crippen LogP contribution in [0.15, 0.2) is 0 Å². The van der Waals surface area contributed by atoms with E-state index in [0.717, 1.165) is 0 Å². The first kappa shape index (κ1) is 37.3. The second-order valence-corrected chi connectivity index (χ2v) is 4.12. The number of rotatable bonds is 8. The van der Waals surface area contributed by atoms with E-state index in [0.29, 0.717) is 0 Å². The largest absolute Gasteiger partial charge is 0.197 e. The zero-order valence-electron chi connectivity index (χ0n) is 16.0. The van der Waals surface area contributed by atoms with Crippen molar-refractivity contribution in [3.8, 4) is 0 Å². The maximum Gasteiger partial charge on any atom is 0 e. The Bertz CT molecular complexity index is 69.8. The molecule has 0 saturated heterocycles. The molecule has 0 N–H and O–H groups in total. The van der Waals surface area contributed by atoms with E-state index in [1.807, 2.05) is 27.7 Å². The van der Waals surface area contributed by atoms with Crippen LogP contribution in [0.5, 0.6) is 0 Å². The van der Waals surface area contributed by atoms with Gasteiger partial charge < -0.3 is 0 Å². The Morgan fingerprint density at radius 1 is 0.400 bits per heavy atom. The topological polar surface area (TPSA) is 0 Å². The molecule has 0 aliphatic heterocycles. The zero-order chi connectivity index (χ0) is 15.1. The van der Waals surface area contributed by atoms with Crippen molar-refractivity contribution in [2.24, 2.45) is 0 Å². The average Bonchev–Trinajstić information content (AvgIpc) is 2.45. The standard InChI is InChI=1S/C9H20.C5H12.2C2H6.H2S.V/c1-3-5-7-9-8-6-4-2;1-3-5-4-2;2*1-2;;/h3-9H2,1-2H3;3-5H2,1-2H3;2*1-2H3;1H2;. The van der Waals surface area contributed by atoms with Crippen LogP contribution in [0.2, 0.25) is 0 Å². The molecule has 0 rings (SSSR count). The third-order valence-corrected chi connectivity index (χ3v) is 2.41. The van der Waals surface area contributed by atoms with E-state index < -0.39 is 0 Å². The van der Waals surface area contributed by atoms with E-state index in [-0.39, 0.29) is 32.1 Å². The van der Waals surface area contributed by atoms with Crippen LogP contribution >= 0.6 is 13.5 Å². The van der Waals surface area contributed by atoms with Crippen molar-refractivity contribution in [3.05, 3.63) is 0 Å². The summed E-state index contributed by atoms with van der Waals surface area (Å²) < 4.78 is 0. The van der Waals surface area contributed by atoms with Gasteiger partial charge in [0.1, 0.15) is 0 Å². The molecule has 0 aromatic heterocycles. The van der Waals surface area contributed by atoms with Crippen LogP contribution in [0.1, 0.15) is 120 Å². The Morgan fingerprint density at radius 3 is 0.750 bits per heavy atom. The molecule has 0 aliphatic rings. The molecule has 0 heterocycles. The van der Waals surface area contributed by atoms with Crippen LogP contribution in [0.4, 0.5) is 0 Å². The van der Waals surface area contributed by atoms with Gasteiger partial charge in [-0.2, -0.15) is 13.5 Å². The van der Waals surface area contributed by atoms with Crippen LogP contribution in [0.25, 0.3) is 0 Å². The minimum Gasteiger partial charge on any atom is -0.197 e. The number of unbranched alkanes of at least 4 members (excludes halogenated alkanes) is 8. The monoisotopic (exact) mass is 345 g/mol.